The summed E-state index contributed by atoms with van der Waals surface area (Å²) >= 11 is 12.5. The summed E-state index contributed by atoms with van der Waals surface area (Å²) in [5.74, 6) is 0.780. The number of rotatable bonds is 6. The van der Waals surface area contributed by atoms with Gasteiger partial charge in [0.15, 0.2) is 0 Å². The van der Waals surface area contributed by atoms with Crippen LogP contribution in [0.1, 0.15) is 29.7 Å². The molecule has 2 heterocycles. The van der Waals surface area contributed by atoms with Crippen LogP contribution in [0.5, 0.6) is 0 Å². The maximum Gasteiger partial charge on any atom is 0.0493 e. The Morgan fingerprint density at radius 2 is 1.89 bits per heavy atom. The lowest BCUT2D eigenvalue weighted by molar-refractivity contribution is 0.356. The maximum absolute atomic E-state index is 6.44. The lowest BCUT2D eigenvalue weighted by atomic mass is 9.98. The van der Waals surface area contributed by atoms with E-state index in [1.165, 1.54) is 35.0 Å². The third-order valence-electron chi connectivity index (χ3n) is 5.90. The van der Waals surface area contributed by atoms with Crippen LogP contribution in [0.2, 0.25) is 10.0 Å². The van der Waals surface area contributed by atoms with Crippen LogP contribution in [-0.2, 0) is 13.1 Å². The van der Waals surface area contributed by atoms with Crippen molar-refractivity contribution in [2.75, 3.05) is 19.6 Å². The third-order valence-corrected chi connectivity index (χ3v) is 6.49. The van der Waals surface area contributed by atoms with Crippen molar-refractivity contribution in [3.63, 3.8) is 0 Å². The average Bonchev–Trinajstić information content (AvgIpc) is 2.97. The summed E-state index contributed by atoms with van der Waals surface area (Å²) in [5, 5.41) is 9.87. The van der Waals surface area contributed by atoms with Crippen LogP contribution in [-0.4, -0.2) is 24.2 Å². The second-order valence-corrected chi connectivity index (χ2v) is 8.57. The van der Waals surface area contributed by atoms with E-state index in [0.717, 1.165) is 49.2 Å². The molecule has 1 aliphatic heterocycles. The quantitative estimate of drug-likeness (QED) is 0.564. The van der Waals surface area contributed by atoms with E-state index in [1.54, 1.807) is 0 Å². The normalized spacial score (nSPS) is 15.4. The first-order chi connectivity index (χ1) is 13.6. The molecule has 5 heteroatoms. The fraction of sp³-hybridized carbons (Fsp3) is 0.391. The lowest BCUT2D eigenvalue weighted by Gasteiger charge is -2.22. The molecular formula is C23H27Cl2N3. The van der Waals surface area contributed by atoms with Crippen LogP contribution in [0.3, 0.4) is 0 Å². The number of fused-ring (bicyclic) bond motifs is 1. The highest BCUT2D eigenvalue weighted by Gasteiger charge is 2.16. The Labute approximate surface area is 177 Å². The number of para-hydroxylation sites is 1. The van der Waals surface area contributed by atoms with Crippen LogP contribution in [0.25, 0.3) is 10.9 Å². The van der Waals surface area contributed by atoms with Gasteiger partial charge in [-0.3, -0.25) is 0 Å². The van der Waals surface area contributed by atoms with E-state index in [0.29, 0.717) is 5.02 Å². The second-order valence-electron chi connectivity index (χ2n) is 7.73. The monoisotopic (exact) mass is 415 g/mol. The van der Waals surface area contributed by atoms with Crippen molar-refractivity contribution in [2.45, 2.75) is 32.9 Å². The molecule has 0 unspecified atom stereocenters. The molecule has 1 aromatic heterocycles. The predicted octanol–water partition coefficient (Wildman–Crippen LogP) is 5.39. The van der Waals surface area contributed by atoms with Gasteiger partial charge in [0.25, 0.3) is 0 Å². The fourth-order valence-corrected chi connectivity index (χ4v) is 4.71. The first-order valence-electron chi connectivity index (χ1n) is 10.1. The molecule has 0 aliphatic carbocycles. The van der Waals surface area contributed by atoms with Gasteiger partial charge < -0.3 is 15.2 Å². The number of hydrogen-bond donors (Lipinski definition) is 2. The molecule has 0 amide bonds. The van der Waals surface area contributed by atoms with E-state index in [-0.39, 0.29) is 0 Å². The summed E-state index contributed by atoms with van der Waals surface area (Å²) in [6.45, 7) is 7.24. The number of aromatic nitrogens is 1. The zero-order chi connectivity index (χ0) is 19.5. The smallest absolute Gasteiger partial charge is 0.0493 e. The van der Waals surface area contributed by atoms with E-state index in [9.17, 15) is 0 Å². The van der Waals surface area contributed by atoms with E-state index in [1.807, 2.05) is 18.2 Å². The molecule has 1 aliphatic rings. The van der Waals surface area contributed by atoms with E-state index in [4.69, 9.17) is 23.2 Å². The molecule has 148 valence electrons. The van der Waals surface area contributed by atoms with Gasteiger partial charge in [0.2, 0.25) is 0 Å². The van der Waals surface area contributed by atoms with Crippen molar-refractivity contribution in [3.05, 3.63) is 69.3 Å². The van der Waals surface area contributed by atoms with Crippen LogP contribution in [0, 0.1) is 12.8 Å². The highest BCUT2D eigenvalue weighted by Crippen LogP contribution is 2.29. The molecule has 28 heavy (non-hydrogen) atoms. The number of benzene rings is 2. The molecule has 0 bridgehead atoms. The van der Waals surface area contributed by atoms with E-state index >= 15 is 0 Å². The zero-order valence-electron chi connectivity index (χ0n) is 16.3. The minimum Gasteiger partial charge on any atom is -0.340 e. The molecule has 2 aromatic carbocycles. The molecule has 0 radical (unpaired) electrons. The molecular weight excluding hydrogens is 389 g/mol. The van der Waals surface area contributed by atoms with Gasteiger partial charge in [-0.25, -0.2) is 0 Å². The Hall–Kier alpha value is -1.52. The Kier molecular flexibility index (Phi) is 6.27. The van der Waals surface area contributed by atoms with Crippen molar-refractivity contribution in [1.82, 2.24) is 15.2 Å². The summed E-state index contributed by atoms with van der Waals surface area (Å²) in [6, 6.07) is 14.4. The van der Waals surface area contributed by atoms with Gasteiger partial charge in [0.05, 0.1) is 0 Å². The number of nitrogens with zero attached hydrogens (tertiary/aromatic N) is 1. The molecule has 2 N–H and O–H groups in total. The molecule has 0 spiro atoms. The molecule has 4 rings (SSSR count). The Morgan fingerprint density at radius 3 is 2.68 bits per heavy atom. The summed E-state index contributed by atoms with van der Waals surface area (Å²) in [6.07, 6.45) is 2.53. The molecule has 1 saturated heterocycles. The lowest BCUT2D eigenvalue weighted by Crippen LogP contribution is -2.33. The largest absolute Gasteiger partial charge is 0.340 e. The van der Waals surface area contributed by atoms with Crippen molar-refractivity contribution in [2.24, 2.45) is 5.92 Å². The molecule has 3 nitrogen and oxygen atoms in total. The van der Waals surface area contributed by atoms with Crippen molar-refractivity contribution < 1.29 is 0 Å². The summed E-state index contributed by atoms with van der Waals surface area (Å²) < 4.78 is 2.37. The van der Waals surface area contributed by atoms with E-state index in [2.05, 4.69) is 46.4 Å². The number of piperidine rings is 1. The second kappa shape index (κ2) is 8.87. The SMILES string of the molecule is Cc1c(CNCC2CCNCC2)c2ccccc2n1Cc1ccc(Cl)cc1Cl. The van der Waals surface area contributed by atoms with Crippen molar-refractivity contribution >= 4 is 34.1 Å². The Morgan fingerprint density at radius 1 is 1.11 bits per heavy atom. The van der Waals surface area contributed by atoms with E-state index < -0.39 is 0 Å². The standard InChI is InChI=1S/C23H27Cl2N3/c1-16-21(14-27-13-17-8-10-26-11-9-17)20-4-2-3-5-23(20)28(16)15-18-6-7-19(24)12-22(18)25/h2-7,12,17,26-27H,8-11,13-15H2,1H3. The van der Waals surface area contributed by atoms with Gasteiger partial charge in [0, 0.05) is 39.7 Å². The number of hydrogen-bond acceptors (Lipinski definition) is 2. The third kappa shape index (κ3) is 4.23. The number of halogens is 2. The Balaban J connectivity index is 1.58. The summed E-state index contributed by atoms with van der Waals surface area (Å²) in [5.41, 5.74) is 5.02. The van der Waals surface area contributed by atoms with Crippen molar-refractivity contribution in [3.8, 4) is 0 Å². The highest BCUT2D eigenvalue weighted by molar-refractivity contribution is 6.35. The van der Waals surface area contributed by atoms with Gasteiger partial charge in [-0.05, 0) is 74.6 Å². The van der Waals surface area contributed by atoms with Crippen molar-refractivity contribution in [1.29, 1.82) is 0 Å². The minimum absolute atomic E-state index is 0.672. The summed E-state index contributed by atoms with van der Waals surface area (Å²) in [7, 11) is 0. The highest BCUT2D eigenvalue weighted by atomic mass is 35.5. The average molecular weight is 416 g/mol. The van der Waals surface area contributed by atoms with Crippen LogP contribution >= 0.6 is 23.2 Å². The minimum atomic E-state index is 0.672. The van der Waals surface area contributed by atoms with Crippen LogP contribution in [0.4, 0.5) is 0 Å². The van der Waals surface area contributed by atoms with Crippen LogP contribution < -0.4 is 10.6 Å². The molecule has 3 aromatic rings. The molecule has 0 atom stereocenters. The van der Waals surface area contributed by atoms with Gasteiger partial charge in [0.1, 0.15) is 0 Å². The Bertz CT molecular complexity index is 958. The van der Waals surface area contributed by atoms with Crippen LogP contribution in [0.15, 0.2) is 42.5 Å². The summed E-state index contributed by atoms with van der Waals surface area (Å²) in [4.78, 5) is 0. The zero-order valence-corrected chi connectivity index (χ0v) is 17.8. The molecule has 1 fully saturated rings. The predicted molar refractivity (Wildman–Crippen MR) is 120 cm³/mol. The van der Waals surface area contributed by atoms with Gasteiger partial charge >= 0.3 is 0 Å². The first-order valence-corrected chi connectivity index (χ1v) is 10.8. The van der Waals surface area contributed by atoms with Gasteiger partial charge in [-0.2, -0.15) is 0 Å². The van der Waals surface area contributed by atoms with Gasteiger partial charge in [-0.1, -0.05) is 47.5 Å². The first kappa shape index (κ1) is 19.8. The fourth-order valence-electron chi connectivity index (χ4n) is 4.24. The van der Waals surface area contributed by atoms with Gasteiger partial charge in [-0.15, -0.1) is 0 Å². The maximum atomic E-state index is 6.44. The number of nitrogens with one attached hydrogen (secondary N) is 2. The molecule has 0 saturated carbocycles. The topological polar surface area (TPSA) is 29.0 Å².